The van der Waals surface area contributed by atoms with E-state index in [9.17, 15) is 0 Å². The van der Waals surface area contributed by atoms with Gasteiger partial charge in [-0.25, -0.2) is 15.0 Å². The first-order valence-electron chi connectivity index (χ1n) is 8.15. The zero-order chi connectivity index (χ0) is 17.3. The molecule has 0 aliphatic rings. The molecule has 3 rings (SSSR count). The Bertz CT molecular complexity index is 869. The van der Waals surface area contributed by atoms with Crippen LogP contribution in [0, 0.1) is 13.8 Å². The molecule has 24 heavy (non-hydrogen) atoms. The minimum Gasteiger partial charge on any atom is -0.377 e. The molecule has 0 saturated carbocycles. The summed E-state index contributed by atoms with van der Waals surface area (Å²) in [7, 11) is 4.13. The number of aryl methyl sites for hydroxylation is 2. The molecular formula is C19H23N5. The second kappa shape index (κ2) is 6.43. The van der Waals surface area contributed by atoms with Gasteiger partial charge >= 0.3 is 0 Å². The fraction of sp³-hybridized carbons (Fsp3) is 0.316. The monoisotopic (exact) mass is 321 g/mol. The predicted molar refractivity (Wildman–Crippen MR) is 101 cm³/mol. The van der Waals surface area contributed by atoms with Crippen molar-refractivity contribution in [3.05, 3.63) is 41.7 Å². The highest BCUT2D eigenvalue weighted by Gasteiger charge is 2.10. The number of hydrogen-bond donors (Lipinski definition) is 1. The molecule has 2 heterocycles. The van der Waals surface area contributed by atoms with Crippen molar-refractivity contribution in [2.75, 3.05) is 30.9 Å². The third-order valence-electron chi connectivity index (χ3n) is 4.10. The fourth-order valence-corrected chi connectivity index (χ4v) is 2.87. The number of fused-ring (bicyclic) bond motifs is 1. The number of nitrogens with one attached hydrogen (secondary N) is 1. The maximum absolute atomic E-state index is 4.82. The van der Waals surface area contributed by atoms with Gasteiger partial charge < -0.3 is 10.2 Å². The first-order chi connectivity index (χ1) is 11.5. The lowest BCUT2D eigenvalue weighted by molar-refractivity contribution is 1.08. The summed E-state index contributed by atoms with van der Waals surface area (Å²) in [4.78, 5) is 15.6. The van der Waals surface area contributed by atoms with Crippen molar-refractivity contribution in [3.63, 3.8) is 0 Å². The standard InChI is InChI=1S/C19H23N5/c1-6-20-19-21-10-14(11-22-19)16-7-12(2)15-9-18(24(4)5)13(3)8-17(15)23-16/h7-11H,6H2,1-5H3,(H,20,21,22). The maximum Gasteiger partial charge on any atom is 0.222 e. The topological polar surface area (TPSA) is 53.9 Å². The molecule has 5 heteroatoms. The Morgan fingerprint density at radius 2 is 1.71 bits per heavy atom. The Morgan fingerprint density at radius 3 is 2.33 bits per heavy atom. The van der Waals surface area contributed by atoms with Gasteiger partial charge in [0.05, 0.1) is 11.2 Å². The molecule has 124 valence electrons. The van der Waals surface area contributed by atoms with Crippen LogP contribution in [0.15, 0.2) is 30.6 Å². The van der Waals surface area contributed by atoms with Gasteiger partial charge in [-0.1, -0.05) is 0 Å². The molecule has 3 aromatic rings. The van der Waals surface area contributed by atoms with E-state index in [0.29, 0.717) is 5.95 Å². The average Bonchev–Trinajstić information content (AvgIpc) is 2.54. The van der Waals surface area contributed by atoms with E-state index in [0.717, 1.165) is 23.3 Å². The number of hydrogen-bond acceptors (Lipinski definition) is 5. The molecule has 0 bridgehead atoms. The molecule has 0 unspecified atom stereocenters. The number of aromatic nitrogens is 3. The van der Waals surface area contributed by atoms with E-state index in [1.807, 2.05) is 19.3 Å². The first-order valence-corrected chi connectivity index (χ1v) is 8.15. The van der Waals surface area contributed by atoms with Gasteiger partial charge in [-0.05, 0) is 50.1 Å². The van der Waals surface area contributed by atoms with Crippen molar-refractivity contribution < 1.29 is 0 Å². The molecule has 0 radical (unpaired) electrons. The van der Waals surface area contributed by atoms with Crippen LogP contribution in [0.5, 0.6) is 0 Å². The van der Waals surface area contributed by atoms with Crippen molar-refractivity contribution in [1.82, 2.24) is 15.0 Å². The Kier molecular flexibility index (Phi) is 4.34. The van der Waals surface area contributed by atoms with Gasteiger partial charge in [0.15, 0.2) is 0 Å². The zero-order valence-corrected chi connectivity index (χ0v) is 14.9. The van der Waals surface area contributed by atoms with Crippen LogP contribution < -0.4 is 10.2 Å². The van der Waals surface area contributed by atoms with E-state index in [1.54, 1.807) is 0 Å². The average molecular weight is 321 g/mol. The molecule has 0 aliphatic carbocycles. The van der Waals surface area contributed by atoms with Crippen molar-refractivity contribution in [2.45, 2.75) is 20.8 Å². The summed E-state index contributed by atoms with van der Waals surface area (Å²) in [5.74, 6) is 0.644. The summed E-state index contributed by atoms with van der Waals surface area (Å²) in [6.45, 7) is 7.07. The lowest BCUT2D eigenvalue weighted by Crippen LogP contribution is -2.10. The van der Waals surface area contributed by atoms with E-state index in [1.165, 1.54) is 22.2 Å². The summed E-state index contributed by atoms with van der Waals surface area (Å²) in [6, 6.07) is 6.46. The van der Waals surface area contributed by atoms with Crippen LogP contribution in [0.1, 0.15) is 18.1 Å². The lowest BCUT2D eigenvalue weighted by Gasteiger charge is -2.17. The molecule has 0 aliphatic heterocycles. The van der Waals surface area contributed by atoms with Gasteiger partial charge in [-0.3, -0.25) is 0 Å². The smallest absolute Gasteiger partial charge is 0.222 e. The molecule has 1 aromatic carbocycles. The lowest BCUT2D eigenvalue weighted by atomic mass is 10.0. The molecule has 5 nitrogen and oxygen atoms in total. The van der Waals surface area contributed by atoms with E-state index in [4.69, 9.17) is 4.98 Å². The Hall–Kier alpha value is -2.69. The van der Waals surface area contributed by atoms with Gasteiger partial charge in [0.1, 0.15) is 0 Å². The summed E-state index contributed by atoms with van der Waals surface area (Å²) in [5, 5.41) is 4.28. The number of anilines is 2. The number of rotatable bonds is 4. The molecule has 2 aromatic heterocycles. The number of pyridine rings is 1. The largest absolute Gasteiger partial charge is 0.377 e. The summed E-state index contributed by atoms with van der Waals surface area (Å²) in [5.41, 5.74) is 6.47. The SMILES string of the molecule is CCNc1ncc(-c2cc(C)c3cc(N(C)C)c(C)cc3n2)cn1. The zero-order valence-electron chi connectivity index (χ0n) is 14.9. The second-order valence-electron chi connectivity index (χ2n) is 6.20. The number of benzene rings is 1. The number of nitrogens with zero attached hydrogens (tertiary/aromatic N) is 4. The van der Waals surface area contributed by atoms with Gasteiger partial charge in [0, 0.05) is 49.7 Å². The quantitative estimate of drug-likeness (QED) is 0.792. The van der Waals surface area contributed by atoms with Crippen LogP contribution in [0.4, 0.5) is 11.6 Å². The van der Waals surface area contributed by atoms with Crippen LogP contribution >= 0.6 is 0 Å². The Labute approximate surface area is 142 Å². The van der Waals surface area contributed by atoms with E-state index in [2.05, 4.69) is 66.3 Å². The van der Waals surface area contributed by atoms with Crippen LogP contribution in [-0.4, -0.2) is 35.6 Å². The van der Waals surface area contributed by atoms with Crippen molar-refractivity contribution >= 4 is 22.5 Å². The van der Waals surface area contributed by atoms with Crippen LogP contribution in [-0.2, 0) is 0 Å². The minimum atomic E-state index is 0.644. The van der Waals surface area contributed by atoms with E-state index >= 15 is 0 Å². The van der Waals surface area contributed by atoms with Gasteiger partial charge in [0.2, 0.25) is 5.95 Å². The molecule has 0 amide bonds. The van der Waals surface area contributed by atoms with Gasteiger partial charge in [0.25, 0.3) is 0 Å². The fourth-order valence-electron chi connectivity index (χ4n) is 2.87. The second-order valence-corrected chi connectivity index (χ2v) is 6.20. The Balaban J connectivity index is 2.08. The summed E-state index contributed by atoms with van der Waals surface area (Å²) >= 11 is 0. The van der Waals surface area contributed by atoms with E-state index in [-0.39, 0.29) is 0 Å². The minimum absolute atomic E-state index is 0.644. The summed E-state index contributed by atoms with van der Waals surface area (Å²) < 4.78 is 0. The highest BCUT2D eigenvalue weighted by atomic mass is 15.1. The highest BCUT2D eigenvalue weighted by Crippen LogP contribution is 2.29. The highest BCUT2D eigenvalue weighted by molar-refractivity contribution is 5.89. The van der Waals surface area contributed by atoms with Crippen LogP contribution in [0.3, 0.4) is 0 Å². The van der Waals surface area contributed by atoms with Crippen molar-refractivity contribution in [3.8, 4) is 11.3 Å². The third-order valence-corrected chi connectivity index (χ3v) is 4.10. The van der Waals surface area contributed by atoms with Crippen LogP contribution in [0.2, 0.25) is 0 Å². The van der Waals surface area contributed by atoms with E-state index < -0.39 is 0 Å². The molecule has 0 atom stereocenters. The maximum atomic E-state index is 4.82. The molecule has 1 N–H and O–H groups in total. The van der Waals surface area contributed by atoms with Crippen LogP contribution in [0.25, 0.3) is 22.2 Å². The summed E-state index contributed by atoms with van der Waals surface area (Å²) in [6.07, 6.45) is 3.64. The molecule has 0 fully saturated rings. The molecular weight excluding hydrogens is 298 g/mol. The molecule has 0 saturated heterocycles. The third kappa shape index (κ3) is 3.02. The van der Waals surface area contributed by atoms with Gasteiger partial charge in [-0.15, -0.1) is 0 Å². The van der Waals surface area contributed by atoms with Crippen molar-refractivity contribution in [1.29, 1.82) is 0 Å². The normalized spacial score (nSPS) is 10.9. The predicted octanol–water partition coefficient (Wildman–Crippen LogP) is 3.81. The first kappa shape index (κ1) is 16.2. The Morgan fingerprint density at radius 1 is 1.00 bits per heavy atom. The van der Waals surface area contributed by atoms with Gasteiger partial charge in [-0.2, -0.15) is 0 Å². The molecule has 0 spiro atoms. The van der Waals surface area contributed by atoms with Crippen molar-refractivity contribution in [2.24, 2.45) is 0 Å².